The third kappa shape index (κ3) is 4.21. The maximum atomic E-state index is 13.0. The summed E-state index contributed by atoms with van der Waals surface area (Å²) in [4.78, 5) is 28.9. The van der Waals surface area contributed by atoms with Gasteiger partial charge < -0.3 is 24.1 Å². The summed E-state index contributed by atoms with van der Waals surface area (Å²) in [6.45, 7) is 4.65. The first-order chi connectivity index (χ1) is 14.6. The van der Waals surface area contributed by atoms with Crippen molar-refractivity contribution in [2.75, 3.05) is 39.4 Å². The molecule has 7 nitrogen and oxygen atoms in total. The summed E-state index contributed by atoms with van der Waals surface area (Å²) >= 11 is 3.44. The molecule has 1 saturated heterocycles. The first-order valence-corrected chi connectivity index (χ1v) is 10.8. The molecular weight excluding hydrogens is 452 g/mol. The van der Waals surface area contributed by atoms with Crippen molar-refractivity contribution in [1.29, 1.82) is 0 Å². The van der Waals surface area contributed by atoms with Crippen LogP contribution in [0.2, 0.25) is 0 Å². The van der Waals surface area contributed by atoms with Crippen molar-refractivity contribution >= 4 is 27.6 Å². The monoisotopic (exact) mass is 474 g/mol. The fourth-order valence-corrected chi connectivity index (χ4v) is 4.49. The largest absolute Gasteiger partial charge is 0.868 e. The molecule has 1 N–H and O–H groups in total. The third-order valence-corrected chi connectivity index (χ3v) is 6.06. The molecule has 4 rings (SSSR count). The highest BCUT2D eigenvalue weighted by Gasteiger charge is 2.40. The van der Waals surface area contributed by atoms with E-state index in [4.69, 9.17) is 9.15 Å². The second-order valence-electron chi connectivity index (χ2n) is 7.47. The van der Waals surface area contributed by atoms with Crippen LogP contribution in [0, 0.1) is 0 Å². The molecule has 1 amide bonds. The van der Waals surface area contributed by atoms with Crippen LogP contribution in [0.3, 0.4) is 0 Å². The van der Waals surface area contributed by atoms with E-state index in [1.165, 1.54) is 22.1 Å². The number of ketones is 1. The molecule has 2 aliphatic rings. The van der Waals surface area contributed by atoms with E-state index >= 15 is 0 Å². The standard InChI is InChI=1S/C22H23BrN2O5/c23-16-5-1-4-15(14-16)19-18(20(26)17-6-2-11-30-17)21(27)22(28)25(19)8-3-7-24-9-12-29-13-10-24/h1-2,4-6,11,14,19,27H,3,7-10,12-13H2. The Morgan fingerprint density at radius 1 is 1.23 bits per heavy atom. The lowest BCUT2D eigenvalue weighted by molar-refractivity contribution is -0.908. The van der Waals surface area contributed by atoms with E-state index in [1.54, 1.807) is 6.07 Å². The third-order valence-electron chi connectivity index (χ3n) is 5.57. The molecule has 1 unspecified atom stereocenters. The van der Waals surface area contributed by atoms with Crippen LogP contribution >= 0.6 is 15.9 Å². The van der Waals surface area contributed by atoms with Crippen LogP contribution in [-0.2, 0) is 9.53 Å². The summed E-state index contributed by atoms with van der Waals surface area (Å²) in [5, 5.41) is 12.9. The normalized spacial score (nSPS) is 20.2. The molecule has 2 aliphatic heterocycles. The van der Waals surface area contributed by atoms with Crippen molar-refractivity contribution in [3.8, 4) is 0 Å². The van der Waals surface area contributed by atoms with Gasteiger partial charge in [0.05, 0.1) is 32.1 Å². The molecule has 0 aliphatic carbocycles. The highest BCUT2D eigenvalue weighted by Crippen LogP contribution is 2.38. The Morgan fingerprint density at radius 3 is 2.73 bits per heavy atom. The van der Waals surface area contributed by atoms with Gasteiger partial charge in [-0.25, -0.2) is 0 Å². The van der Waals surface area contributed by atoms with Gasteiger partial charge in [0.15, 0.2) is 5.76 Å². The number of rotatable bonds is 7. The topological polar surface area (TPSA) is 87.2 Å². The summed E-state index contributed by atoms with van der Waals surface area (Å²) < 4.78 is 11.4. The van der Waals surface area contributed by atoms with Gasteiger partial charge in [-0.05, 0) is 35.6 Å². The minimum absolute atomic E-state index is 0.0493. The number of halogens is 1. The molecule has 2 aromatic rings. The molecule has 1 atom stereocenters. The van der Waals surface area contributed by atoms with Crippen molar-refractivity contribution < 1.29 is 28.7 Å². The summed E-state index contributed by atoms with van der Waals surface area (Å²) in [5.41, 5.74) is 0.670. The van der Waals surface area contributed by atoms with E-state index in [1.807, 2.05) is 24.3 Å². The van der Waals surface area contributed by atoms with Gasteiger partial charge >= 0.3 is 0 Å². The van der Waals surface area contributed by atoms with Crippen molar-refractivity contribution in [3.05, 3.63) is 69.8 Å². The first kappa shape index (κ1) is 20.8. The van der Waals surface area contributed by atoms with Gasteiger partial charge in [0, 0.05) is 23.0 Å². The van der Waals surface area contributed by atoms with E-state index in [9.17, 15) is 14.7 Å². The number of nitrogens with one attached hydrogen (secondary N) is 1. The summed E-state index contributed by atoms with van der Waals surface area (Å²) in [5.74, 6) is -1.86. The molecule has 1 fully saturated rings. The lowest BCUT2D eigenvalue weighted by atomic mass is 9.95. The van der Waals surface area contributed by atoms with Crippen molar-refractivity contribution in [2.24, 2.45) is 0 Å². The van der Waals surface area contributed by atoms with Crippen LogP contribution in [0.25, 0.3) is 0 Å². The predicted molar refractivity (Wildman–Crippen MR) is 110 cm³/mol. The van der Waals surface area contributed by atoms with Crippen LogP contribution < -0.4 is 10.0 Å². The fourth-order valence-electron chi connectivity index (χ4n) is 4.07. The fraction of sp³-hybridized carbons (Fsp3) is 0.364. The maximum Gasteiger partial charge on any atom is 0.239 e. The zero-order chi connectivity index (χ0) is 21.1. The molecular formula is C22H23BrN2O5. The molecule has 1 aromatic heterocycles. The second kappa shape index (κ2) is 9.16. The van der Waals surface area contributed by atoms with E-state index in [0.717, 1.165) is 49.3 Å². The van der Waals surface area contributed by atoms with E-state index < -0.39 is 23.5 Å². The number of benzene rings is 1. The van der Waals surface area contributed by atoms with Gasteiger partial charge in [0.25, 0.3) is 0 Å². The Hall–Kier alpha value is -2.42. The smallest absolute Gasteiger partial charge is 0.239 e. The Bertz CT molecular complexity index is 950. The first-order valence-electron chi connectivity index (χ1n) is 10.0. The van der Waals surface area contributed by atoms with Gasteiger partial charge in [0.2, 0.25) is 11.7 Å². The van der Waals surface area contributed by atoms with Gasteiger partial charge in [-0.1, -0.05) is 28.1 Å². The number of ether oxygens (including phenoxy) is 1. The number of hydrogen-bond donors (Lipinski definition) is 1. The zero-order valence-corrected chi connectivity index (χ0v) is 18.0. The zero-order valence-electron chi connectivity index (χ0n) is 16.4. The Labute approximate surface area is 183 Å². The van der Waals surface area contributed by atoms with Crippen molar-refractivity contribution in [2.45, 2.75) is 12.5 Å². The number of amides is 1. The van der Waals surface area contributed by atoms with Crippen molar-refractivity contribution in [3.63, 3.8) is 0 Å². The highest BCUT2D eigenvalue weighted by atomic mass is 79.9. The molecule has 30 heavy (non-hydrogen) atoms. The van der Waals surface area contributed by atoms with Crippen LogP contribution in [0.15, 0.2) is 62.9 Å². The summed E-state index contributed by atoms with van der Waals surface area (Å²) in [7, 11) is 0. The minimum atomic E-state index is -0.750. The van der Waals surface area contributed by atoms with Crippen molar-refractivity contribution in [1.82, 2.24) is 4.90 Å². The van der Waals surface area contributed by atoms with Gasteiger partial charge in [0.1, 0.15) is 13.1 Å². The number of hydrogen-bond acceptors (Lipinski definition) is 5. The van der Waals surface area contributed by atoms with Gasteiger partial charge in [-0.15, -0.1) is 0 Å². The number of Topliss-reactive ketones (excluding diaryl/α,β-unsaturated/α-hetero) is 1. The quantitative estimate of drug-likeness (QED) is 0.597. The molecule has 0 bridgehead atoms. The molecule has 1 aromatic carbocycles. The number of furan rings is 1. The predicted octanol–water partition coefficient (Wildman–Crippen LogP) is 0.728. The number of carbonyl (C=O) groups excluding carboxylic acids is 2. The lowest BCUT2D eigenvalue weighted by Crippen LogP contribution is -3.14. The molecule has 3 heterocycles. The average molecular weight is 475 g/mol. The molecule has 0 saturated carbocycles. The average Bonchev–Trinajstić information content (AvgIpc) is 3.37. The molecule has 158 valence electrons. The van der Waals surface area contributed by atoms with E-state index in [0.29, 0.717) is 6.54 Å². The molecule has 0 spiro atoms. The Kier molecular flexibility index (Phi) is 6.36. The van der Waals surface area contributed by atoms with Crippen LogP contribution in [0.5, 0.6) is 0 Å². The highest BCUT2D eigenvalue weighted by molar-refractivity contribution is 9.10. The molecule has 0 radical (unpaired) electrons. The SMILES string of the molecule is O=C(C1=C([O-])C(=O)N(CCC[NH+]2CCOCC2)C1c1cccc(Br)c1)c1ccco1. The van der Waals surface area contributed by atoms with Crippen LogP contribution in [0.1, 0.15) is 28.6 Å². The van der Waals surface area contributed by atoms with E-state index in [-0.39, 0.29) is 11.3 Å². The number of morpholine rings is 1. The van der Waals surface area contributed by atoms with Crippen LogP contribution in [-0.4, -0.2) is 56.0 Å². The number of quaternary nitrogens is 1. The Balaban J connectivity index is 1.60. The van der Waals surface area contributed by atoms with Crippen LogP contribution in [0.4, 0.5) is 0 Å². The number of carbonyl (C=O) groups is 2. The summed E-state index contributed by atoms with van der Waals surface area (Å²) in [6.07, 6.45) is 2.12. The van der Waals surface area contributed by atoms with Gasteiger partial charge in [-0.3, -0.25) is 9.59 Å². The minimum Gasteiger partial charge on any atom is -0.868 e. The van der Waals surface area contributed by atoms with Gasteiger partial charge in [-0.2, -0.15) is 0 Å². The second-order valence-corrected chi connectivity index (χ2v) is 8.39. The van der Waals surface area contributed by atoms with E-state index in [2.05, 4.69) is 15.9 Å². The number of nitrogens with zero attached hydrogens (tertiary/aromatic N) is 1. The lowest BCUT2D eigenvalue weighted by Gasteiger charge is -2.29. The Morgan fingerprint density at radius 2 is 2.03 bits per heavy atom. The summed E-state index contributed by atoms with van der Waals surface area (Å²) in [6, 6.07) is 9.74. The molecule has 8 heteroatoms. The maximum absolute atomic E-state index is 13.0.